The number of methoxy groups -OCH3 is 1. The average molecular weight is 491 g/mol. The Morgan fingerprint density at radius 1 is 1.14 bits per heavy atom. The number of para-hydroxylation sites is 1. The van der Waals surface area contributed by atoms with Gasteiger partial charge in [0.2, 0.25) is 0 Å². The molecule has 0 radical (unpaired) electrons. The number of hydrogen-bond donors (Lipinski definition) is 4. The number of nitrogens with one attached hydrogen (secondary N) is 3. The van der Waals surface area contributed by atoms with Crippen molar-refractivity contribution in [3.8, 4) is 11.5 Å². The summed E-state index contributed by atoms with van der Waals surface area (Å²) in [6, 6.07) is 14.9. The van der Waals surface area contributed by atoms with Crippen LogP contribution in [0.25, 0.3) is 11.0 Å². The van der Waals surface area contributed by atoms with E-state index in [1.165, 1.54) is 0 Å². The lowest BCUT2D eigenvalue weighted by atomic mass is 9.92. The summed E-state index contributed by atoms with van der Waals surface area (Å²) in [5.74, 6) is 1.33. The molecule has 0 amide bonds. The maximum Gasteiger partial charge on any atom is 0.139 e. The molecule has 0 saturated heterocycles. The Hall–Kier alpha value is -3.26. The quantitative estimate of drug-likeness (QED) is 0.280. The van der Waals surface area contributed by atoms with Gasteiger partial charge < -0.3 is 30.2 Å². The number of rotatable bonds is 5. The van der Waals surface area contributed by atoms with Crippen molar-refractivity contribution in [1.29, 1.82) is 0 Å². The summed E-state index contributed by atoms with van der Waals surface area (Å²) in [7, 11) is 1.77. The molecule has 8 heteroatoms. The first-order valence-electron chi connectivity index (χ1n) is 11.8. The molecule has 6 rings (SSSR count). The van der Waals surface area contributed by atoms with E-state index in [1.54, 1.807) is 19.2 Å². The first-order valence-corrected chi connectivity index (χ1v) is 12.2. The van der Waals surface area contributed by atoms with Crippen LogP contribution < -0.4 is 15.4 Å². The molecular formula is C27H27ClN4O3. The van der Waals surface area contributed by atoms with Crippen LogP contribution in [0.3, 0.4) is 0 Å². The molecule has 2 aliphatic rings. The standard InChI is InChI=1S/C27H27ClN4O3/c1-34-18-9-10-27(12-18)15-31-22-14-30-26-23(24(22)32-27)20(13-29-26)25(33)19-8-7-17(11-21(19)28)35-16-5-3-2-4-6-16/h2-8,11,13-14,18,25,31-33H,9-10,12,15H2,1H3,(H,29,30). The van der Waals surface area contributed by atoms with Gasteiger partial charge in [0.25, 0.3) is 0 Å². The van der Waals surface area contributed by atoms with E-state index in [0.717, 1.165) is 53.9 Å². The smallest absolute Gasteiger partial charge is 0.139 e. The number of H-pyrrole nitrogens is 1. The molecule has 3 unspecified atom stereocenters. The van der Waals surface area contributed by atoms with E-state index in [9.17, 15) is 5.11 Å². The summed E-state index contributed by atoms with van der Waals surface area (Å²) in [6.45, 7) is 0.810. The lowest BCUT2D eigenvalue weighted by molar-refractivity contribution is 0.105. The second-order valence-corrected chi connectivity index (χ2v) is 9.78. The fourth-order valence-electron chi connectivity index (χ4n) is 5.31. The highest BCUT2D eigenvalue weighted by Crippen LogP contribution is 2.45. The predicted octanol–water partition coefficient (Wildman–Crippen LogP) is 5.87. The molecule has 35 heavy (non-hydrogen) atoms. The lowest BCUT2D eigenvalue weighted by Crippen LogP contribution is -2.46. The minimum Gasteiger partial charge on any atom is -0.457 e. The van der Waals surface area contributed by atoms with E-state index >= 15 is 0 Å². The summed E-state index contributed by atoms with van der Waals surface area (Å²) in [6.07, 6.45) is 5.90. The summed E-state index contributed by atoms with van der Waals surface area (Å²) >= 11 is 6.62. The molecule has 4 N–H and O–H groups in total. The van der Waals surface area contributed by atoms with E-state index in [2.05, 4.69) is 20.6 Å². The van der Waals surface area contributed by atoms with Crippen LogP contribution in [-0.2, 0) is 4.74 Å². The molecule has 7 nitrogen and oxygen atoms in total. The van der Waals surface area contributed by atoms with Crippen molar-refractivity contribution in [3.63, 3.8) is 0 Å². The zero-order valence-corrected chi connectivity index (χ0v) is 20.1. The third-order valence-electron chi connectivity index (χ3n) is 7.18. The van der Waals surface area contributed by atoms with Gasteiger partial charge in [-0.3, -0.25) is 0 Å². The van der Waals surface area contributed by atoms with E-state index in [4.69, 9.17) is 21.1 Å². The van der Waals surface area contributed by atoms with E-state index in [-0.39, 0.29) is 11.6 Å². The maximum absolute atomic E-state index is 11.4. The monoisotopic (exact) mass is 490 g/mol. The van der Waals surface area contributed by atoms with E-state index < -0.39 is 6.10 Å². The predicted molar refractivity (Wildman–Crippen MR) is 138 cm³/mol. The summed E-state index contributed by atoms with van der Waals surface area (Å²) in [4.78, 5) is 7.79. The number of ether oxygens (including phenoxy) is 2. The van der Waals surface area contributed by atoms with Crippen molar-refractivity contribution in [2.45, 2.75) is 37.0 Å². The van der Waals surface area contributed by atoms with Gasteiger partial charge in [0.15, 0.2) is 0 Å². The molecule has 1 spiro atoms. The molecule has 3 atom stereocenters. The van der Waals surface area contributed by atoms with Gasteiger partial charge in [0.05, 0.1) is 39.6 Å². The summed E-state index contributed by atoms with van der Waals surface area (Å²) in [5.41, 5.74) is 3.82. The van der Waals surface area contributed by atoms with Crippen LogP contribution in [0.15, 0.2) is 60.9 Å². The summed E-state index contributed by atoms with van der Waals surface area (Å²) in [5, 5.41) is 20.1. The number of aromatic amines is 1. The number of benzene rings is 2. The second kappa shape index (κ2) is 8.75. The molecule has 180 valence electrons. The van der Waals surface area contributed by atoms with Crippen molar-refractivity contribution in [2.24, 2.45) is 0 Å². The van der Waals surface area contributed by atoms with Crippen LogP contribution in [0.2, 0.25) is 5.02 Å². The van der Waals surface area contributed by atoms with Gasteiger partial charge in [-0.2, -0.15) is 0 Å². The molecule has 0 bridgehead atoms. The summed E-state index contributed by atoms with van der Waals surface area (Å²) < 4.78 is 11.5. The Morgan fingerprint density at radius 2 is 2.00 bits per heavy atom. The number of aromatic nitrogens is 2. The van der Waals surface area contributed by atoms with Crippen LogP contribution in [0.4, 0.5) is 11.4 Å². The topological polar surface area (TPSA) is 91.4 Å². The zero-order chi connectivity index (χ0) is 24.0. The maximum atomic E-state index is 11.4. The van der Waals surface area contributed by atoms with Crippen LogP contribution in [-0.4, -0.2) is 40.4 Å². The number of aliphatic hydroxyl groups excluding tert-OH is 1. The molecule has 3 heterocycles. The number of hydrogen-bond acceptors (Lipinski definition) is 6. The van der Waals surface area contributed by atoms with Gasteiger partial charge >= 0.3 is 0 Å². The number of anilines is 2. The third kappa shape index (κ3) is 3.99. The fraction of sp³-hybridized carbons (Fsp3) is 0.296. The Bertz CT molecular complexity index is 1380. The average Bonchev–Trinajstić information content (AvgIpc) is 3.49. The minimum atomic E-state index is -0.940. The Balaban J connectivity index is 1.34. The largest absolute Gasteiger partial charge is 0.457 e. The molecule has 1 saturated carbocycles. The van der Waals surface area contributed by atoms with Crippen LogP contribution in [0.5, 0.6) is 11.5 Å². The Kier molecular flexibility index (Phi) is 5.56. The number of nitrogens with zero attached hydrogens (tertiary/aromatic N) is 1. The van der Waals surface area contributed by atoms with Crippen molar-refractivity contribution in [1.82, 2.24) is 9.97 Å². The molecular weight excluding hydrogens is 464 g/mol. The molecule has 2 aromatic heterocycles. The first kappa shape index (κ1) is 22.2. The van der Waals surface area contributed by atoms with Crippen molar-refractivity contribution in [2.75, 3.05) is 24.3 Å². The van der Waals surface area contributed by atoms with Gasteiger partial charge in [0.1, 0.15) is 23.3 Å². The molecule has 1 fully saturated rings. The number of aliphatic hydroxyl groups is 1. The fourth-order valence-corrected chi connectivity index (χ4v) is 5.58. The van der Waals surface area contributed by atoms with Crippen LogP contribution in [0, 0.1) is 0 Å². The van der Waals surface area contributed by atoms with Gasteiger partial charge in [0, 0.05) is 31.0 Å². The minimum absolute atomic E-state index is 0.0878. The van der Waals surface area contributed by atoms with Gasteiger partial charge in [-0.05, 0) is 43.5 Å². The molecule has 4 aromatic rings. The van der Waals surface area contributed by atoms with Gasteiger partial charge in [-0.1, -0.05) is 35.9 Å². The van der Waals surface area contributed by atoms with Crippen molar-refractivity contribution in [3.05, 3.63) is 77.1 Å². The number of fused-ring (bicyclic) bond motifs is 3. The lowest BCUT2D eigenvalue weighted by Gasteiger charge is -2.38. The van der Waals surface area contributed by atoms with E-state index in [0.29, 0.717) is 22.0 Å². The molecule has 2 aromatic carbocycles. The van der Waals surface area contributed by atoms with Gasteiger partial charge in [-0.25, -0.2) is 4.98 Å². The van der Waals surface area contributed by atoms with Gasteiger partial charge in [-0.15, -0.1) is 0 Å². The zero-order valence-electron chi connectivity index (χ0n) is 19.3. The highest BCUT2D eigenvalue weighted by atomic mass is 35.5. The highest BCUT2D eigenvalue weighted by Gasteiger charge is 2.42. The molecule has 1 aliphatic heterocycles. The van der Waals surface area contributed by atoms with Crippen molar-refractivity contribution < 1.29 is 14.6 Å². The SMILES string of the molecule is COC1CCC2(CNc3cnc4[nH]cc(C(O)c5ccc(Oc6ccccc6)cc5Cl)c4c3N2)C1. The molecule has 1 aliphatic carbocycles. The number of pyridine rings is 1. The van der Waals surface area contributed by atoms with Crippen molar-refractivity contribution >= 4 is 34.0 Å². The Morgan fingerprint density at radius 3 is 2.77 bits per heavy atom. The highest BCUT2D eigenvalue weighted by molar-refractivity contribution is 6.31. The first-order chi connectivity index (χ1) is 17.0. The Labute approximate surface area is 208 Å². The van der Waals surface area contributed by atoms with Crippen LogP contribution in [0.1, 0.15) is 36.5 Å². The second-order valence-electron chi connectivity index (χ2n) is 9.37. The third-order valence-corrected chi connectivity index (χ3v) is 7.50. The van der Waals surface area contributed by atoms with Crippen LogP contribution >= 0.6 is 11.6 Å². The number of halogens is 1. The van der Waals surface area contributed by atoms with E-state index in [1.807, 2.05) is 48.8 Å². The normalized spacial score (nSPS) is 22.0.